The van der Waals surface area contributed by atoms with Crippen molar-refractivity contribution >= 4 is 0 Å². The maximum Gasteiger partial charge on any atom is 0.160 e. The second-order valence-electron chi connectivity index (χ2n) is 5.84. The van der Waals surface area contributed by atoms with Crippen LogP contribution in [0.15, 0.2) is 18.2 Å². The first kappa shape index (κ1) is 17.8. The lowest BCUT2D eigenvalue weighted by atomic mass is 10.1. The van der Waals surface area contributed by atoms with E-state index < -0.39 is 0 Å². The standard InChI is InChI=1S/C17H30N2O2/c1-14(2)13-18-9-11-19(3)10-8-15-6-7-16(20-4)17(12-15)21-5/h6-7,12,14,18H,8-11,13H2,1-5H3. The first-order valence-electron chi connectivity index (χ1n) is 7.67. The van der Waals surface area contributed by atoms with Gasteiger partial charge in [0.1, 0.15) is 0 Å². The van der Waals surface area contributed by atoms with Gasteiger partial charge in [0.15, 0.2) is 11.5 Å². The lowest BCUT2D eigenvalue weighted by Crippen LogP contribution is -2.32. The van der Waals surface area contributed by atoms with Gasteiger partial charge in [-0.3, -0.25) is 0 Å². The number of benzene rings is 1. The van der Waals surface area contributed by atoms with Gasteiger partial charge in [-0.25, -0.2) is 0 Å². The molecule has 0 aliphatic heterocycles. The Hall–Kier alpha value is -1.26. The summed E-state index contributed by atoms with van der Waals surface area (Å²) in [6.45, 7) is 8.70. The molecule has 4 heteroatoms. The van der Waals surface area contributed by atoms with E-state index in [1.807, 2.05) is 6.07 Å². The Morgan fingerprint density at radius 1 is 1.10 bits per heavy atom. The molecule has 21 heavy (non-hydrogen) atoms. The molecule has 0 saturated carbocycles. The van der Waals surface area contributed by atoms with E-state index in [-0.39, 0.29) is 0 Å². The van der Waals surface area contributed by atoms with Crippen LogP contribution in [0.3, 0.4) is 0 Å². The molecule has 1 N–H and O–H groups in total. The van der Waals surface area contributed by atoms with E-state index in [0.29, 0.717) is 5.92 Å². The Morgan fingerprint density at radius 2 is 1.81 bits per heavy atom. The highest BCUT2D eigenvalue weighted by Gasteiger charge is 2.05. The second-order valence-corrected chi connectivity index (χ2v) is 5.84. The van der Waals surface area contributed by atoms with Crippen molar-refractivity contribution in [3.05, 3.63) is 23.8 Å². The Balaban J connectivity index is 2.34. The molecule has 0 spiro atoms. The van der Waals surface area contributed by atoms with Crippen LogP contribution < -0.4 is 14.8 Å². The minimum Gasteiger partial charge on any atom is -0.493 e. The number of hydrogen-bond acceptors (Lipinski definition) is 4. The number of ether oxygens (including phenoxy) is 2. The number of nitrogens with zero attached hydrogens (tertiary/aromatic N) is 1. The predicted octanol–water partition coefficient (Wildman–Crippen LogP) is 2.42. The third-order valence-electron chi connectivity index (χ3n) is 3.45. The second kappa shape index (κ2) is 9.64. The topological polar surface area (TPSA) is 33.7 Å². The molecule has 0 bridgehead atoms. The van der Waals surface area contributed by atoms with E-state index in [2.05, 4.69) is 43.2 Å². The zero-order chi connectivity index (χ0) is 15.7. The highest BCUT2D eigenvalue weighted by Crippen LogP contribution is 2.27. The minimum absolute atomic E-state index is 0.710. The lowest BCUT2D eigenvalue weighted by molar-refractivity contribution is 0.331. The molecular formula is C17H30N2O2. The van der Waals surface area contributed by atoms with Gasteiger partial charge in [-0.1, -0.05) is 19.9 Å². The molecule has 1 rings (SSSR count). The molecule has 0 heterocycles. The number of hydrogen-bond donors (Lipinski definition) is 1. The van der Waals surface area contributed by atoms with E-state index in [4.69, 9.17) is 9.47 Å². The quantitative estimate of drug-likeness (QED) is 0.672. The van der Waals surface area contributed by atoms with Gasteiger partial charge >= 0.3 is 0 Å². The highest BCUT2D eigenvalue weighted by atomic mass is 16.5. The Labute approximate surface area is 129 Å². The van der Waals surface area contributed by atoms with Crippen LogP contribution in [-0.4, -0.2) is 52.3 Å². The van der Waals surface area contributed by atoms with Crippen LogP contribution in [0.1, 0.15) is 19.4 Å². The van der Waals surface area contributed by atoms with Crippen LogP contribution in [0.25, 0.3) is 0 Å². The van der Waals surface area contributed by atoms with Crippen LogP contribution in [0, 0.1) is 5.92 Å². The van der Waals surface area contributed by atoms with E-state index in [1.165, 1.54) is 5.56 Å². The lowest BCUT2D eigenvalue weighted by Gasteiger charge is -2.18. The summed E-state index contributed by atoms with van der Waals surface area (Å²) in [6, 6.07) is 6.13. The maximum atomic E-state index is 5.34. The van der Waals surface area contributed by atoms with Crippen molar-refractivity contribution in [3.8, 4) is 11.5 Å². The van der Waals surface area contributed by atoms with Crippen molar-refractivity contribution < 1.29 is 9.47 Å². The summed E-state index contributed by atoms with van der Waals surface area (Å²) in [7, 11) is 5.50. The summed E-state index contributed by atoms with van der Waals surface area (Å²) < 4.78 is 10.6. The Morgan fingerprint density at radius 3 is 2.43 bits per heavy atom. The maximum absolute atomic E-state index is 5.34. The molecule has 120 valence electrons. The SMILES string of the molecule is COc1ccc(CCN(C)CCNCC(C)C)cc1OC. The fraction of sp³-hybridized carbons (Fsp3) is 0.647. The van der Waals surface area contributed by atoms with E-state index >= 15 is 0 Å². The average Bonchev–Trinajstić information content (AvgIpc) is 2.48. The van der Waals surface area contributed by atoms with Crippen molar-refractivity contribution in [1.82, 2.24) is 10.2 Å². The summed E-state index contributed by atoms with van der Waals surface area (Å²) in [5.74, 6) is 2.30. The van der Waals surface area contributed by atoms with Crippen LogP contribution in [-0.2, 0) is 6.42 Å². The molecular weight excluding hydrogens is 264 g/mol. The van der Waals surface area contributed by atoms with Crippen molar-refractivity contribution in [2.75, 3.05) is 47.4 Å². The highest BCUT2D eigenvalue weighted by molar-refractivity contribution is 5.42. The molecule has 1 aromatic carbocycles. The third kappa shape index (κ3) is 6.82. The summed E-state index contributed by atoms with van der Waals surface area (Å²) in [5.41, 5.74) is 1.27. The van der Waals surface area contributed by atoms with Crippen LogP contribution in [0.5, 0.6) is 11.5 Å². The minimum atomic E-state index is 0.710. The number of methoxy groups -OCH3 is 2. The van der Waals surface area contributed by atoms with Gasteiger partial charge in [0.25, 0.3) is 0 Å². The number of likely N-dealkylation sites (N-methyl/N-ethyl adjacent to an activating group) is 1. The van der Waals surface area contributed by atoms with Gasteiger partial charge in [-0.05, 0) is 43.6 Å². The molecule has 0 radical (unpaired) electrons. The zero-order valence-corrected chi connectivity index (χ0v) is 14.1. The van der Waals surface area contributed by atoms with E-state index in [1.54, 1.807) is 14.2 Å². The summed E-state index contributed by atoms with van der Waals surface area (Å²) in [4.78, 5) is 2.35. The third-order valence-corrected chi connectivity index (χ3v) is 3.45. The van der Waals surface area contributed by atoms with Gasteiger partial charge in [0.2, 0.25) is 0 Å². The molecule has 1 aromatic rings. The monoisotopic (exact) mass is 294 g/mol. The smallest absolute Gasteiger partial charge is 0.160 e. The molecule has 0 saturated heterocycles. The summed E-state index contributed by atoms with van der Waals surface area (Å²) in [5, 5.41) is 3.47. The first-order valence-corrected chi connectivity index (χ1v) is 7.67. The van der Waals surface area contributed by atoms with Gasteiger partial charge in [0, 0.05) is 19.6 Å². The average molecular weight is 294 g/mol. The van der Waals surface area contributed by atoms with Gasteiger partial charge < -0.3 is 19.7 Å². The normalized spacial score (nSPS) is 11.2. The molecule has 0 aliphatic carbocycles. The fourth-order valence-corrected chi connectivity index (χ4v) is 2.13. The molecule has 0 atom stereocenters. The molecule has 0 unspecified atom stereocenters. The van der Waals surface area contributed by atoms with Crippen LogP contribution in [0.2, 0.25) is 0 Å². The molecule has 0 amide bonds. The van der Waals surface area contributed by atoms with Crippen molar-refractivity contribution in [3.63, 3.8) is 0 Å². The number of rotatable bonds is 10. The van der Waals surface area contributed by atoms with Gasteiger partial charge in [-0.2, -0.15) is 0 Å². The molecule has 4 nitrogen and oxygen atoms in total. The predicted molar refractivity (Wildman–Crippen MR) is 88.5 cm³/mol. The van der Waals surface area contributed by atoms with E-state index in [9.17, 15) is 0 Å². The van der Waals surface area contributed by atoms with E-state index in [0.717, 1.165) is 44.1 Å². The van der Waals surface area contributed by atoms with Gasteiger partial charge in [-0.15, -0.1) is 0 Å². The largest absolute Gasteiger partial charge is 0.493 e. The molecule has 0 aliphatic rings. The Bertz CT molecular complexity index is 408. The summed E-state index contributed by atoms with van der Waals surface area (Å²) in [6.07, 6.45) is 1.01. The van der Waals surface area contributed by atoms with Crippen molar-refractivity contribution in [2.24, 2.45) is 5.92 Å². The molecule has 0 fully saturated rings. The zero-order valence-electron chi connectivity index (χ0n) is 14.1. The Kier molecular flexibility index (Phi) is 8.16. The first-order chi connectivity index (χ1) is 10.1. The summed E-state index contributed by atoms with van der Waals surface area (Å²) >= 11 is 0. The van der Waals surface area contributed by atoms with Crippen molar-refractivity contribution in [1.29, 1.82) is 0 Å². The fourth-order valence-electron chi connectivity index (χ4n) is 2.13. The van der Waals surface area contributed by atoms with Crippen molar-refractivity contribution in [2.45, 2.75) is 20.3 Å². The van der Waals surface area contributed by atoms with Crippen LogP contribution in [0.4, 0.5) is 0 Å². The molecule has 0 aromatic heterocycles. The van der Waals surface area contributed by atoms with Crippen LogP contribution >= 0.6 is 0 Å². The van der Waals surface area contributed by atoms with Gasteiger partial charge in [0.05, 0.1) is 14.2 Å². The number of nitrogens with one attached hydrogen (secondary N) is 1.